The van der Waals surface area contributed by atoms with Gasteiger partial charge >= 0.3 is 5.97 Å². The third-order valence-corrected chi connectivity index (χ3v) is 5.77. The maximum Gasteiger partial charge on any atom is 0.304 e. The van der Waals surface area contributed by atoms with Gasteiger partial charge in [0, 0.05) is 29.8 Å². The fraction of sp³-hybridized carbons (Fsp3) is 0.250. The second kappa shape index (κ2) is 11.1. The summed E-state index contributed by atoms with van der Waals surface area (Å²) in [7, 11) is 1.79. The summed E-state index contributed by atoms with van der Waals surface area (Å²) in [6.45, 7) is 5.24. The number of aliphatic carboxylic acids is 1. The zero-order chi connectivity index (χ0) is 25.7. The molecule has 1 heterocycles. The van der Waals surface area contributed by atoms with Crippen molar-refractivity contribution in [2.45, 2.75) is 26.8 Å². The lowest BCUT2D eigenvalue weighted by atomic mass is 9.98. The Morgan fingerprint density at radius 1 is 1.08 bits per heavy atom. The molecule has 0 saturated heterocycles. The molecule has 0 amide bonds. The summed E-state index contributed by atoms with van der Waals surface area (Å²) < 4.78 is 25.8. The molecule has 186 valence electrons. The molecule has 4 aromatic rings. The molecule has 1 N–H and O–H groups in total. The van der Waals surface area contributed by atoms with E-state index in [4.69, 9.17) is 14.4 Å². The molecule has 0 bridgehead atoms. The first-order valence-electron chi connectivity index (χ1n) is 11.7. The van der Waals surface area contributed by atoms with Gasteiger partial charge in [0.15, 0.2) is 0 Å². The molecule has 3 aromatic carbocycles. The number of nitrogens with zero attached hydrogens (tertiary/aromatic N) is 3. The van der Waals surface area contributed by atoms with E-state index in [9.17, 15) is 9.18 Å². The highest BCUT2D eigenvalue weighted by molar-refractivity contribution is 5.76. The largest absolute Gasteiger partial charge is 0.493 e. The molecule has 0 spiro atoms. The third-order valence-electron chi connectivity index (χ3n) is 5.77. The smallest absolute Gasteiger partial charge is 0.304 e. The van der Waals surface area contributed by atoms with E-state index in [0.717, 1.165) is 16.7 Å². The van der Waals surface area contributed by atoms with E-state index in [2.05, 4.69) is 29.2 Å². The van der Waals surface area contributed by atoms with Gasteiger partial charge in [-0.15, -0.1) is 0 Å². The average Bonchev–Trinajstić information content (AvgIpc) is 3.34. The van der Waals surface area contributed by atoms with Crippen LogP contribution in [0.25, 0.3) is 34.0 Å². The van der Waals surface area contributed by atoms with Crippen LogP contribution in [0.3, 0.4) is 0 Å². The molecule has 8 heteroatoms. The van der Waals surface area contributed by atoms with Gasteiger partial charge < -0.3 is 19.3 Å². The van der Waals surface area contributed by atoms with Crippen LogP contribution in [0.4, 0.5) is 4.39 Å². The number of carboxylic acid groups (broad SMARTS) is 1. The molecule has 0 aliphatic rings. The quantitative estimate of drug-likeness (QED) is 0.300. The predicted octanol–water partition coefficient (Wildman–Crippen LogP) is 5.82. The van der Waals surface area contributed by atoms with E-state index in [1.165, 1.54) is 12.1 Å². The Morgan fingerprint density at radius 3 is 2.64 bits per heavy atom. The van der Waals surface area contributed by atoms with Crippen molar-refractivity contribution in [2.24, 2.45) is 0 Å². The summed E-state index contributed by atoms with van der Waals surface area (Å²) in [6.07, 6.45) is 0.0131. The van der Waals surface area contributed by atoms with Crippen molar-refractivity contribution < 1.29 is 23.6 Å². The molecule has 0 aliphatic carbocycles. The van der Waals surface area contributed by atoms with Gasteiger partial charge in [0.25, 0.3) is 5.89 Å². The molecule has 4 rings (SSSR count). The summed E-state index contributed by atoms with van der Waals surface area (Å²) in [5, 5.41) is 12.9. The van der Waals surface area contributed by atoms with Crippen LogP contribution in [0.15, 0.2) is 65.2 Å². The zero-order valence-corrected chi connectivity index (χ0v) is 20.5. The Labute approximate surface area is 209 Å². The van der Waals surface area contributed by atoms with Gasteiger partial charge in [-0.3, -0.25) is 4.79 Å². The highest BCUT2D eigenvalue weighted by atomic mass is 19.1. The lowest BCUT2D eigenvalue weighted by Crippen LogP contribution is -2.21. The van der Waals surface area contributed by atoms with Crippen LogP contribution < -0.4 is 4.74 Å². The van der Waals surface area contributed by atoms with Crippen molar-refractivity contribution in [1.82, 2.24) is 15.0 Å². The molecule has 0 radical (unpaired) electrons. The standard InChI is InChI=1S/C28H28FN3O4/c1-4-35-25-16-20(9-10-24(25)23-8-6-5-7-18(23)2)28-30-27(31-36-28)21-13-19(14-22(29)15-21)17-32(3)12-11-26(33)34/h5-10,13-16H,4,11-12,17H2,1-3H3,(H,33,34). The van der Waals surface area contributed by atoms with E-state index < -0.39 is 11.8 Å². The minimum Gasteiger partial charge on any atom is -0.493 e. The van der Waals surface area contributed by atoms with Crippen molar-refractivity contribution in [3.8, 4) is 39.7 Å². The van der Waals surface area contributed by atoms with Gasteiger partial charge in [-0.2, -0.15) is 4.98 Å². The Hall–Kier alpha value is -4.04. The Morgan fingerprint density at radius 2 is 1.89 bits per heavy atom. The highest BCUT2D eigenvalue weighted by Gasteiger charge is 2.16. The molecule has 36 heavy (non-hydrogen) atoms. The molecule has 1 aromatic heterocycles. The summed E-state index contributed by atoms with van der Waals surface area (Å²) in [5.74, 6) is -0.0321. The van der Waals surface area contributed by atoms with Gasteiger partial charge in [-0.05, 0) is 74.0 Å². The van der Waals surface area contributed by atoms with Gasteiger partial charge in [0.05, 0.1) is 13.0 Å². The Balaban J connectivity index is 1.61. The van der Waals surface area contributed by atoms with Gasteiger partial charge in [-0.25, -0.2) is 4.39 Å². The summed E-state index contributed by atoms with van der Waals surface area (Å²) in [4.78, 5) is 17.1. The van der Waals surface area contributed by atoms with Crippen LogP contribution in [0, 0.1) is 12.7 Å². The van der Waals surface area contributed by atoms with E-state index in [0.29, 0.717) is 48.0 Å². The number of rotatable bonds is 10. The second-order valence-electron chi connectivity index (χ2n) is 8.61. The van der Waals surface area contributed by atoms with E-state index in [-0.39, 0.29) is 12.2 Å². The predicted molar refractivity (Wildman–Crippen MR) is 135 cm³/mol. The van der Waals surface area contributed by atoms with E-state index >= 15 is 0 Å². The molecule has 0 fully saturated rings. The van der Waals surface area contributed by atoms with Crippen molar-refractivity contribution in [3.63, 3.8) is 0 Å². The van der Waals surface area contributed by atoms with Crippen molar-refractivity contribution in [2.75, 3.05) is 20.2 Å². The molecule has 0 aliphatic heterocycles. The van der Waals surface area contributed by atoms with Crippen molar-refractivity contribution >= 4 is 5.97 Å². The second-order valence-corrected chi connectivity index (χ2v) is 8.61. The first-order chi connectivity index (χ1) is 17.3. The van der Waals surface area contributed by atoms with Crippen molar-refractivity contribution in [1.29, 1.82) is 0 Å². The zero-order valence-electron chi connectivity index (χ0n) is 20.5. The maximum absolute atomic E-state index is 14.4. The van der Waals surface area contributed by atoms with Crippen LogP contribution in [0.5, 0.6) is 5.75 Å². The SMILES string of the molecule is CCOc1cc(-c2nc(-c3cc(F)cc(CN(C)CCC(=O)O)c3)no2)ccc1-c1ccccc1C. The lowest BCUT2D eigenvalue weighted by Gasteiger charge is -2.15. The number of halogens is 1. The van der Waals surface area contributed by atoms with Crippen molar-refractivity contribution in [3.05, 3.63) is 77.6 Å². The Bertz CT molecular complexity index is 1370. The number of hydrogen-bond donors (Lipinski definition) is 1. The summed E-state index contributed by atoms with van der Waals surface area (Å²) in [6, 6.07) is 18.4. The molecule has 0 atom stereocenters. The molecular weight excluding hydrogens is 461 g/mol. The third kappa shape index (κ3) is 5.95. The minimum atomic E-state index is -0.875. The molecule has 0 saturated carbocycles. The molecule has 0 unspecified atom stereocenters. The number of aromatic nitrogens is 2. The minimum absolute atomic E-state index is 0.0131. The van der Waals surface area contributed by atoms with Crippen LogP contribution in [0.2, 0.25) is 0 Å². The molecule has 7 nitrogen and oxygen atoms in total. The van der Waals surface area contributed by atoms with Crippen LogP contribution in [0.1, 0.15) is 24.5 Å². The first-order valence-corrected chi connectivity index (χ1v) is 11.7. The number of aryl methyl sites for hydroxylation is 1. The fourth-order valence-electron chi connectivity index (χ4n) is 4.03. The normalized spacial score (nSPS) is 11.1. The number of carboxylic acids is 1. The lowest BCUT2D eigenvalue weighted by molar-refractivity contribution is -0.137. The number of benzene rings is 3. The first kappa shape index (κ1) is 25.1. The highest BCUT2D eigenvalue weighted by Crippen LogP contribution is 2.36. The van der Waals surface area contributed by atoms with Gasteiger partial charge in [0.1, 0.15) is 11.6 Å². The Kier molecular flexibility index (Phi) is 7.75. The fourth-order valence-corrected chi connectivity index (χ4v) is 4.03. The van der Waals surface area contributed by atoms with Crippen LogP contribution in [-0.2, 0) is 11.3 Å². The van der Waals surface area contributed by atoms with Crippen LogP contribution >= 0.6 is 0 Å². The number of ether oxygens (including phenoxy) is 1. The average molecular weight is 490 g/mol. The monoisotopic (exact) mass is 489 g/mol. The van der Waals surface area contributed by atoms with Crippen LogP contribution in [-0.4, -0.2) is 46.3 Å². The van der Waals surface area contributed by atoms with E-state index in [1.807, 2.05) is 42.2 Å². The maximum atomic E-state index is 14.4. The molecular formula is C28H28FN3O4. The van der Waals surface area contributed by atoms with Gasteiger partial charge in [-0.1, -0.05) is 29.4 Å². The van der Waals surface area contributed by atoms with E-state index in [1.54, 1.807) is 13.1 Å². The summed E-state index contributed by atoms with van der Waals surface area (Å²) in [5.41, 5.74) is 5.06. The van der Waals surface area contributed by atoms with Gasteiger partial charge in [0.2, 0.25) is 5.82 Å². The summed E-state index contributed by atoms with van der Waals surface area (Å²) >= 11 is 0. The topological polar surface area (TPSA) is 88.7 Å². The number of carbonyl (C=O) groups is 1. The number of hydrogen-bond acceptors (Lipinski definition) is 6.